The van der Waals surface area contributed by atoms with Crippen LogP contribution in [0.15, 0.2) is 30.3 Å². The summed E-state index contributed by atoms with van der Waals surface area (Å²) in [6.07, 6.45) is 3.83. The van der Waals surface area contributed by atoms with Gasteiger partial charge in [0, 0.05) is 25.0 Å². The van der Waals surface area contributed by atoms with E-state index in [0.29, 0.717) is 6.54 Å². The molecule has 1 saturated heterocycles. The van der Waals surface area contributed by atoms with Crippen molar-refractivity contribution < 1.29 is 4.79 Å². The van der Waals surface area contributed by atoms with E-state index < -0.39 is 0 Å². The first-order valence-electron chi connectivity index (χ1n) is 8.56. The Balaban J connectivity index is 0.00000264. The van der Waals surface area contributed by atoms with Gasteiger partial charge in [0.15, 0.2) is 0 Å². The van der Waals surface area contributed by atoms with E-state index in [9.17, 15) is 4.79 Å². The molecule has 1 heterocycles. The highest BCUT2D eigenvalue weighted by molar-refractivity contribution is 5.85. The zero-order chi connectivity index (χ0) is 16.2. The number of benzene rings is 1. The summed E-state index contributed by atoms with van der Waals surface area (Å²) in [7, 11) is 0. The Hall–Kier alpha value is -1.06. The number of likely N-dealkylation sites (tertiary alicyclic amines) is 1. The molecular formula is C19H31ClN2O. The fraction of sp³-hybridized carbons (Fsp3) is 0.632. The monoisotopic (exact) mass is 338 g/mol. The quantitative estimate of drug-likeness (QED) is 0.888. The number of nitrogens with zero attached hydrogens (tertiary/aromatic N) is 1. The van der Waals surface area contributed by atoms with Crippen LogP contribution < -0.4 is 5.73 Å². The van der Waals surface area contributed by atoms with Crippen LogP contribution in [0.1, 0.15) is 52.0 Å². The van der Waals surface area contributed by atoms with Crippen LogP contribution >= 0.6 is 12.4 Å². The number of nitrogens with two attached hydrogens (primary N) is 1. The number of carbonyl (C=O) groups is 1. The van der Waals surface area contributed by atoms with Gasteiger partial charge in [0.05, 0.1) is 5.41 Å². The van der Waals surface area contributed by atoms with Gasteiger partial charge in [-0.3, -0.25) is 4.79 Å². The van der Waals surface area contributed by atoms with Gasteiger partial charge in [-0.15, -0.1) is 12.4 Å². The molecule has 0 spiro atoms. The van der Waals surface area contributed by atoms with Gasteiger partial charge in [0.1, 0.15) is 0 Å². The van der Waals surface area contributed by atoms with Crippen molar-refractivity contribution in [3.05, 3.63) is 35.9 Å². The van der Waals surface area contributed by atoms with Gasteiger partial charge in [0.25, 0.3) is 0 Å². The van der Waals surface area contributed by atoms with E-state index >= 15 is 0 Å². The third-order valence-corrected chi connectivity index (χ3v) is 5.65. The van der Waals surface area contributed by atoms with Gasteiger partial charge in [-0.1, -0.05) is 51.1 Å². The molecule has 1 aliphatic heterocycles. The van der Waals surface area contributed by atoms with Gasteiger partial charge < -0.3 is 10.6 Å². The number of hydrogen-bond donors (Lipinski definition) is 1. The maximum Gasteiger partial charge on any atom is 0.230 e. The standard InChI is InChI=1S/C19H30N2O.ClH/c1-4-19(5-2,14-20)17(22)21-13-9-12-18(3,15-21)16-10-7-6-8-11-16;/h6-8,10-11H,4-5,9,12-15,20H2,1-3H3;1H. The molecule has 4 heteroatoms. The number of rotatable bonds is 5. The fourth-order valence-corrected chi connectivity index (χ4v) is 3.75. The van der Waals surface area contributed by atoms with Crippen LogP contribution in [0.2, 0.25) is 0 Å². The van der Waals surface area contributed by atoms with E-state index in [-0.39, 0.29) is 29.1 Å². The van der Waals surface area contributed by atoms with Crippen molar-refractivity contribution in [2.45, 2.75) is 51.9 Å². The number of hydrogen-bond acceptors (Lipinski definition) is 2. The lowest BCUT2D eigenvalue weighted by atomic mass is 9.74. The molecule has 1 fully saturated rings. The van der Waals surface area contributed by atoms with Gasteiger partial charge >= 0.3 is 0 Å². The molecule has 130 valence electrons. The van der Waals surface area contributed by atoms with Crippen molar-refractivity contribution in [2.24, 2.45) is 11.1 Å². The fourth-order valence-electron chi connectivity index (χ4n) is 3.75. The lowest BCUT2D eigenvalue weighted by molar-refractivity contribution is -0.144. The van der Waals surface area contributed by atoms with E-state index in [2.05, 4.69) is 49.9 Å². The highest BCUT2D eigenvalue weighted by Crippen LogP contribution is 2.36. The van der Waals surface area contributed by atoms with Crippen molar-refractivity contribution >= 4 is 18.3 Å². The number of amides is 1. The Morgan fingerprint density at radius 3 is 2.39 bits per heavy atom. The SMILES string of the molecule is CCC(CC)(CN)C(=O)N1CCCC(C)(c2ccccc2)C1.Cl. The Morgan fingerprint density at radius 1 is 1.26 bits per heavy atom. The topological polar surface area (TPSA) is 46.3 Å². The molecule has 2 rings (SSSR count). The third-order valence-electron chi connectivity index (χ3n) is 5.65. The number of halogens is 1. The van der Waals surface area contributed by atoms with Crippen molar-refractivity contribution in [3.63, 3.8) is 0 Å². The molecule has 0 aliphatic carbocycles. The summed E-state index contributed by atoms with van der Waals surface area (Å²) in [5, 5.41) is 0. The maximum atomic E-state index is 13.1. The minimum absolute atomic E-state index is 0. The highest BCUT2D eigenvalue weighted by atomic mass is 35.5. The lowest BCUT2D eigenvalue weighted by Crippen LogP contribution is -2.54. The van der Waals surface area contributed by atoms with Gasteiger partial charge in [-0.2, -0.15) is 0 Å². The van der Waals surface area contributed by atoms with E-state index in [4.69, 9.17) is 5.73 Å². The molecule has 1 aromatic rings. The molecule has 0 bridgehead atoms. The second kappa shape index (κ2) is 8.16. The summed E-state index contributed by atoms with van der Waals surface area (Å²) >= 11 is 0. The Labute approximate surface area is 147 Å². The zero-order valence-corrected chi connectivity index (χ0v) is 15.5. The Bertz CT molecular complexity index is 493. The summed E-state index contributed by atoms with van der Waals surface area (Å²) < 4.78 is 0. The van der Waals surface area contributed by atoms with E-state index in [1.54, 1.807) is 0 Å². The molecule has 1 atom stereocenters. The molecule has 23 heavy (non-hydrogen) atoms. The molecule has 1 aliphatic rings. The molecule has 0 aromatic heterocycles. The van der Waals surface area contributed by atoms with E-state index in [1.165, 1.54) is 5.56 Å². The van der Waals surface area contributed by atoms with Crippen LogP contribution in [-0.4, -0.2) is 30.4 Å². The first kappa shape index (κ1) is 20.0. The first-order valence-corrected chi connectivity index (χ1v) is 8.56. The van der Waals surface area contributed by atoms with E-state index in [1.807, 2.05) is 6.07 Å². The average molecular weight is 339 g/mol. The van der Waals surface area contributed by atoms with Crippen LogP contribution in [0.25, 0.3) is 0 Å². The third kappa shape index (κ3) is 3.89. The Morgan fingerprint density at radius 2 is 1.87 bits per heavy atom. The molecule has 3 nitrogen and oxygen atoms in total. The van der Waals surface area contributed by atoms with Crippen LogP contribution in [-0.2, 0) is 10.2 Å². The summed E-state index contributed by atoms with van der Waals surface area (Å²) in [5.74, 6) is 0.252. The predicted octanol–water partition coefficient (Wildman–Crippen LogP) is 3.75. The lowest BCUT2D eigenvalue weighted by Gasteiger charge is -2.44. The molecule has 2 N–H and O–H groups in total. The van der Waals surface area contributed by atoms with Gasteiger partial charge in [0.2, 0.25) is 5.91 Å². The maximum absolute atomic E-state index is 13.1. The minimum Gasteiger partial charge on any atom is -0.341 e. The minimum atomic E-state index is -0.380. The van der Waals surface area contributed by atoms with Gasteiger partial charge in [-0.05, 0) is 31.2 Å². The highest BCUT2D eigenvalue weighted by Gasteiger charge is 2.41. The summed E-state index contributed by atoms with van der Waals surface area (Å²) in [6.45, 7) is 8.55. The molecule has 1 aromatic carbocycles. The molecular weight excluding hydrogens is 308 g/mol. The number of piperidine rings is 1. The molecule has 1 unspecified atom stereocenters. The Kier molecular flexibility index (Phi) is 7.09. The number of carbonyl (C=O) groups excluding carboxylic acids is 1. The molecule has 1 amide bonds. The molecule has 0 saturated carbocycles. The average Bonchev–Trinajstić information content (AvgIpc) is 2.58. The summed E-state index contributed by atoms with van der Waals surface area (Å²) in [5.41, 5.74) is 6.97. The van der Waals surface area contributed by atoms with Crippen LogP contribution in [0.4, 0.5) is 0 Å². The van der Waals surface area contributed by atoms with Crippen LogP contribution in [0.3, 0.4) is 0 Å². The first-order chi connectivity index (χ1) is 10.5. The zero-order valence-electron chi connectivity index (χ0n) is 14.7. The largest absolute Gasteiger partial charge is 0.341 e. The summed E-state index contributed by atoms with van der Waals surface area (Å²) in [4.78, 5) is 15.1. The smallest absolute Gasteiger partial charge is 0.230 e. The predicted molar refractivity (Wildman–Crippen MR) is 98.9 cm³/mol. The normalized spacial score (nSPS) is 21.7. The van der Waals surface area contributed by atoms with Gasteiger partial charge in [-0.25, -0.2) is 0 Å². The van der Waals surface area contributed by atoms with Crippen molar-refractivity contribution in [1.29, 1.82) is 0 Å². The van der Waals surface area contributed by atoms with Crippen molar-refractivity contribution in [3.8, 4) is 0 Å². The van der Waals surface area contributed by atoms with Crippen molar-refractivity contribution in [1.82, 2.24) is 4.90 Å². The van der Waals surface area contributed by atoms with E-state index in [0.717, 1.165) is 38.8 Å². The van der Waals surface area contributed by atoms with Crippen LogP contribution in [0.5, 0.6) is 0 Å². The van der Waals surface area contributed by atoms with Crippen molar-refractivity contribution in [2.75, 3.05) is 19.6 Å². The second-order valence-electron chi connectivity index (χ2n) is 6.95. The molecule has 0 radical (unpaired) electrons. The second-order valence-corrected chi connectivity index (χ2v) is 6.95. The summed E-state index contributed by atoms with van der Waals surface area (Å²) in [6, 6.07) is 10.6. The van der Waals surface area contributed by atoms with Crippen LogP contribution in [0, 0.1) is 5.41 Å².